The molecule has 0 radical (unpaired) electrons. The molecule has 0 N–H and O–H groups in total. The van der Waals surface area contributed by atoms with Gasteiger partial charge in [-0.1, -0.05) is 231 Å². The number of hydrogen-bond donors (Lipinski definition) is 0. The van der Waals surface area contributed by atoms with Crippen LogP contribution in [0.2, 0.25) is 0 Å². The van der Waals surface area contributed by atoms with E-state index in [1.54, 1.807) is 0 Å². The van der Waals surface area contributed by atoms with Gasteiger partial charge in [-0.2, -0.15) is 0 Å². The third-order valence-corrected chi connectivity index (χ3v) is 18.2. The highest BCUT2D eigenvalue weighted by atomic mass is 32.1. The molecule has 2 heterocycles. The summed E-state index contributed by atoms with van der Waals surface area (Å²) < 4.78 is 5.29. The van der Waals surface area contributed by atoms with Crippen LogP contribution in [-0.4, -0.2) is 0 Å². The largest absolute Gasteiger partial charge is 0.135 e. The van der Waals surface area contributed by atoms with Crippen molar-refractivity contribution < 1.29 is 0 Å². The Balaban J connectivity index is 0.824. The topological polar surface area (TPSA) is 0 Å². The molecule has 14 aromatic carbocycles. The maximum absolute atomic E-state index is 2.45. The van der Waals surface area contributed by atoms with Crippen LogP contribution in [0.5, 0.6) is 0 Å². The number of thiophene rings is 2. The van der Waals surface area contributed by atoms with Crippen molar-refractivity contribution >= 4 is 128 Å². The predicted molar refractivity (Wildman–Crippen MR) is 324 cm³/mol. The Bertz CT molecular complexity index is 4880. The number of benzene rings is 14. The normalized spacial score (nSPS) is 12.1. The van der Waals surface area contributed by atoms with E-state index in [4.69, 9.17) is 0 Å². The molecule has 0 amide bonds. The lowest BCUT2D eigenvalue weighted by Crippen LogP contribution is -1.90. The van der Waals surface area contributed by atoms with Gasteiger partial charge in [0.25, 0.3) is 0 Å². The minimum atomic E-state index is 1.24. The average Bonchev–Trinajstić information content (AvgIpc) is 4.05. The van der Waals surface area contributed by atoms with Crippen LogP contribution >= 0.6 is 22.7 Å². The Morgan fingerprint density at radius 1 is 0.189 bits per heavy atom. The van der Waals surface area contributed by atoms with Gasteiger partial charge in [-0.3, -0.25) is 0 Å². The molecule has 0 aliphatic carbocycles. The zero-order valence-electron chi connectivity index (χ0n) is 40.1. The Kier molecular flexibility index (Phi) is 9.18. The fourth-order valence-corrected chi connectivity index (χ4v) is 15.1. The molecule has 2 aromatic heterocycles. The van der Waals surface area contributed by atoms with Crippen molar-refractivity contribution in [3.05, 3.63) is 255 Å². The lowest BCUT2D eigenvalue weighted by atomic mass is 9.86. The average molecular weight is 971 g/mol. The lowest BCUT2D eigenvalue weighted by molar-refractivity contribution is 1.66. The summed E-state index contributed by atoms with van der Waals surface area (Å²) in [6.45, 7) is 0. The van der Waals surface area contributed by atoms with Crippen molar-refractivity contribution in [1.82, 2.24) is 0 Å². The summed E-state index contributed by atoms with van der Waals surface area (Å²) in [6, 6.07) is 95.3. The monoisotopic (exact) mass is 970 g/mol. The fourth-order valence-electron chi connectivity index (χ4n) is 12.6. The van der Waals surface area contributed by atoms with Crippen molar-refractivity contribution in [3.8, 4) is 55.6 Å². The second-order valence-corrected chi connectivity index (χ2v) is 21.9. The minimum Gasteiger partial charge on any atom is -0.135 e. The highest BCUT2D eigenvalue weighted by molar-refractivity contribution is 7.27. The summed E-state index contributed by atoms with van der Waals surface area (Å²) in [4.78, 5) is 0. The van der Waals surface area contributed by atoms with Crippen LogP contribution in [0.4, 0.5) is 0 Å². The van der Waals surface area contributed by atoms with E-state index in [0.29, 0.717) is 0 Å². The van der Waals surface area contributed by atoms with Gasteiger partial charge in [-0.25, -0.2) is 0 Å². The van der Waals surface area contributed by atoms with Crippen LogP contribution in [0.3, 0.4) is 0 Å². The zero-order chi connectivity index (χ0) is 48.4. The summed E-state index contributed by atoms with van der Waals surface area (Å²) in [5, 5.41) is 20.6. The van der Waals surface area contributed by atoms with E-state index in [1.807, 2.05) is 22.7 Å². The highest BCUT2D eigenvalue weighted by Crippen LogP contribution is 2.49. The molecule has 0 aliphatic heterocycles. The van der Waals surface area contributed by atoms with Gasteiger partial charge < -0.3 is 0 Å². The molecular weight excluding hydrogens is 929 g/mol. The molecule has 0 fully saturated rings. The molecule has 0 saturated carbocycles. The van der Waals surface area contributed by atoms with Gasteiger partial charge in [0.15, 0.2) is 0 Å². The van der Waals surface area contributed by atoms with Crippen molar-refractivity contribution in [2.75, 3.05) is 0 Å². The second-order valence-electron chi connectivity index (χ2n) is 19.8. The number of rotatable bonds is 5. The zero-order valence-corrected chi connectivity index (χ0v) is 41.7. The summed E-state index contributed by atoms with van der Waals surface area (Å²) in [7, 11) is 0. The van der Waals surface area contributed by atoms with Gasteiger partial charge in [-0.15, -0.1) is 22.7 Å². The van der Waals surface area contributed by atoms with Crippen LogP contribution in [0.25, 0.3) is 161 Å². The molecule has 0 bridgehead atoms. The van der Waals surface area contributed by atoms with Gasteiger partial charge in [0.2, 0.25) is 0 Å². The standard InChI is InChI=1S/C72H42S2/c1-3-16-44(17-4-1)67-52-20-7-11-24-56(52)69(57-25-12-8-21-53(57)67)47-34-39-65-64(41-47)62-38-37-50-49(28-15-29-60(50)71(62)73-65)46-31-30-43-32-36-61-51-35-33-48(42-66(51)74-72(61)63(43)40-46)70-58-26-13-9-22-54(58)68(45-18-5-2-6-19-45)55-23-10-14-27-59(55)70/h1-42H. The molecule has 0 saturated heterocycles. The molecule has 0 unspecified atom stereocenters. The van der Waals surface area contributed by atoms with Gasteiger partial charge in [0.05, 0.1) is 0 Å². The van der Waals surface area contributed by atoms with E-state index in [1.165, 1.54) is 161 Å². The maximum Gasteiger partial charge on any atom is 0.0434 e. The second kappa shape index (κ2) is 16.3. The molecule has 0 spiro atoms. The van der Waals surface area contributed by atoms with E-state index in [0.717, 1.165) is 0 Å². The van der Waals surface area contributed by atoms with E-state index < -0.39 is 0 Å². The van der Waals surface area contributed by atoms with Crippen molar-refractivity contribution in [1.29, 1.82) is 0 Å². The highest BCUT2D eigenvalue weighted by Gasteiger charge is 2.21. The van der Waals surface area contributed by atoms with Crippen LogP contribution in [0.1, 0.15) is 0 Å². The summed E-state index contributed by atoms with van der Waals surface area (Å²) in [5.41, 5.74) is 12.7. The first-order valence-corrected chi connectivity index (χ1v) is 27.1. The molecule has 342 valence electrons. The molecule has 0 atom stereocenters. The molecule has 16 aromatic rings. The maximum atomic E-state index is 2.45. The quantitative estimate of drug-likeness (QED) is 0.151. The van der Waals surface area contributed by atoms with Crippen LogP contribution in [0, 0.1) is 0 Å². The fraction of sp³-hybridized carbons (Fsp3) is 0. The van der Waals surface area contributed by atoms with Crippen LogP contribution < -0.4 is 0 Å². The van der Waals surface area contributed by atoms with E-state index >= 15 is 0 Å². The molecule has 16 rings (SSSR count). The van der Waals surface area contributed by atoms with E-state index in [2.05, 4.69) is 255 Å². The smallest absolute Gasteiger partial charge is 0.0434 e. The van der Waals surface area contributed by atoms with Crippen molar-refractivity contribution in [2.24, 2.45) is 0 Å². The van der Waals surface area contributed by atoms with Gasteiger partial charge in [-0.05, 0) is 134 Å². The van der Waals surface area contributed by atoms with Gasteiger partial charge >= 0.3 is 0 Å². The Labute approximate surface area is 435 Å². The molecular formula is C72H42S2. The van der Waals surface area contributed by atoms with Crippen LogP contribution in [0.15, 0.2) is 255 Å². The Morgan fingerprint density at radius 3 is 1.15 bits per heavy atom. The molecule has 0 aliphatic rings. The summed E-state index contributed by atoms with van der Waals surface area (Å²) >= 11 is 3.84. The first kappa shape index (κ1) is 41.7. The summed E-state index contributed by atoms with van der Waals surface area (Å²) in [5.74, 6) is 0. The first-order chi connectivity index (χ1) is 36.7. The summed E-state index contributed by atoms with van der Waals surface area (Å²) in [6.07, 6.45) is 0. The SMILES string of the molecule is c1ccc(-c2c3ccccc3c(-c3ccc4c(c3)sc3c5cc(-c6cccc7c6ccc6c8cc(-c9c%10ccccc%10c(-c%10ccccc%10)c%10ccccc9%10)ccc8sc76)ccc5ccc43)c3ccccc23)cc1. The van der Waals surface area contributed by atoms with Gasteiger partial charge in [0.1, 0.15) is 0 Å². The first-order valence-electron chi connectivity index (χ1n) is 25.5. The molecule has 0 nitrogen and oxygen atoms in total. The Morgan fingerprint density at radius 2 is 0.568 bits per heavy atom. The number of hydrogen-bond acceptors (Lipinski definition) is 2. The van der Waals surface area contributed by atoms with Crippen molar-refractivity contribution in [3.63, 3.8) is 0 Å². The third-order valence-electron chi connectivity index (χ3n) is 15.8. The third kappa shape index (κ3) is 6.20. The predicted octanol–water partition coefficient (Wildman–Crippen LogP) is 21.7. The van der Waals surface area contributed by atoms with Crippen LogP contribution in [-0.2, 0) is 0 Å². The van der Waals surface area contributed by atoms with E-state index in [9.17, 15) is 0 Å². The Hall–Kier alpha value is -8.92. The molecule has 2 heteroatoms. The van der Waals surface area contributed by atoms with E-state index in [-0.39, 0.29) is 0 Å². The number of fused-ring (bicyclic) bond motifs is 14. The van der Waals surface area contributed by atoms with Gasteiger partial charge in [0, 0.05) is 51.1 Å². The minimum absolute atomic E-state index is 1.24. The van der Waals surface area contributed by atoms with Crippen molar-refractivity contribution in [2.45, 2.75) is 0 Å². The lowest BCUT2D eigenvalue weighted by Gasteiger charge is -2.17. The molecule has 74 heavy (non-hydrogen) atoms.